The van der Waals surface area contributed by atoms with Crippen molar-refractivity contribution in [2.24, 2.45) is 0 Å². The number of aromatic nitrogens is 2. The molecule has 2 aromatic rings. The average molecular weight is 214 g/mol. The molecule has 0 amide bonds. The van der Waals surface area contributed by atoms with Gasteiger partial charge >= 0.3 is 5.97 Å². The Bertz CT molecular complexity index is 503. The maximum Gasteiger partial charge on any atom is 0.335 e. The van der Waals surface area contributed by atoms with Gasteiger partial charge in [0.1, 0.15) is 0 Å². The van der Waals surface area contributed by atoms with E-state index in [9.17, 15) is 4.79 Å². The quantitative estimate of drug-likeness (QED) is 0.445. The second-order valence-electron chi connectivity index (χ2n) is 3.06. The van der Waals surface area contributed by atoms with Gasteiger partial charge < -0.3 is 9.30 Å². The van der Waals surface area contributed by atoms with E-state index in [4.69, 9.17) is 4.74 Å². The number of ether oxygens (including phenoxy) is 1. The maximum atomic E-state index is 11.1. The van der Waals surface area contributed by atoms with Crippen molar-refractivity contribution in [3.05, 3.63) is 55.6 Å². The Morgan fingerprint density at radius 1 is 1.44 bits per heavy atom. The lowest BCUT2D eigenvalue weighted by Crippen LogP contribution is -2.05. The van der Waals surface area contributed by atoms with Gasteiger partial charge in [-0.3, -0.25) is 0 Å². The summed E-state index contributed by atoms with van der Waals surface area (Å²) < 4.78 is 6.88. The Kier molecular flexibility index (Phi) is 2.82. The van der Waals surface area contributed by atoms with Crippen molar-refractivity contribution in [2.45, 2.75) is 0 Å². The number of hydrogen-bond donors (Lipinski definition) is 0. The standard InChI is InChI=1S/C12H10N2O2/c1-2-12(15)16-11-6-4-3-5-10(11)14-8-7-13-9-14/h2-9H,1H2. The Balaban J connectivity index is 2.38. The van der Waals surface area contributed by atoms with Gasteiger partial charge in [0.15, 0.2) is 5.75 Å². The summed E-state index contributed by atoms with van der Waals surface area (Å²) in [6, 6.07) is 7.22. The molecule has 0 unspecified atom stereocenters. The molecule has 0 atom stereocenters. The zero-order valence-corrected chi connectivity index (χ0v) is 8.54. The number of rotatable bonds is 3. The number of carbonyl (C=O) groups is 1. The SMILES string of the molecule is C=CC(=O)Oc1ccccc1-n1ccnc1. The monoisotopic (exact) mass is 214 g/mol. The molecule has 0 saturated heterocycles. The summed E-state index contributed by atoms with van der Waals surface area (Å²) in [7, 11) is 0. The van der Waals surface area contributed by atoms with Crippen molar-refractivity contribution in [1.82, 2.24) is 9.55 Å². The minimum absolute atomic E-state index is 0.477. The fourth-order valence-corrected chi connectivity index (χ4v) is 1.31. The van der Waals surface area contributed by atoms with E-state index in [2.05, 4.69) is 11.6 Å². The summed E-state index contributed by atoms with van der Waals surface area (Å²) in [5.41, 5.74) is 0.759. The molecule has 0 bridgehead atoms. The molecule has 0 aliphatic carbocycles. The molecule has 1 heterocycles. The largest absolute Gasteiger partial charge is 0.421 e. The minimum Gasteiger partial charge on any atom is -0.421 e. The zero-order valence-electron chi connectivity index (χ0n) is 8.54. The molecule has 0 fully saturated rings. The molecule has 4 heteroatoms. The molecule has 1 aromatic carbocycles. The second-order valence-corrected chi connectivity index (χ2v) is 3.06. The molecule has 4 nitrogen and oxygen atoms in total. The lowest BCUT2D eigenvalue weighted by Gasteiger charge is -2.08. The zero-order chi connectivity index (χ0) is 11.4. The molecule has 16 heavy (non-hydrogen) atoms. The van der Waals surface area contributed by atoms with Gasteiger partial charge in [-0.05, 0) is 12.1 Å². The van der Waals surface area contributed by atoms with Crippen molar-refractivity contribution >= 4 is 5.97 Å². The number of carbonyl (C=O) groups excluding carboxylic acids is 1. The van der Waals surface area contributed by atoms with Crippen LogP contribution in [0.2, 0.25) is 0 Å². The van der Waals surface area contributed by atoms with Crippen LogP contribution >= 0.6 is 0 Å². The van der Waals surface area contributed by atoms with Gasteiger partial charge in [-0.25, -0.2) is 9.78 Å². The van der Waals surface area contributed by atoms with Crippen LogP contribution in [0, 0.1) is 0 Å². The van der Waals surface area contributed by atoms with Crippen LogP contribution in [0.15, 0.2) is 55.6 Å². The van der Waals surface area contributed by atoms with Gasteiger partial charge in [-0.15, -0.1) is 0 Å². The van der Waals surface area contributed by atoms with Crippen LogP contribution in [0.25, 0.3) is 5.69 Å². The highest BCUT2D eigenvalue weighted by Crippen LogP contribution is 2.22. The van der Waals surface area contributed by atoms with Gasteiger partial charge in [0.05, 0.1) is 12.0 Å². The topological polar surface area (TPSA) is 44.1 Å². The molecule has 80 valence electrons. The normalized spacial score (nSPS) is 9.75. The van der Waals surface area contributed by atoms with Crippen LogP contribution in [-0.4, -0.2) is 15.5 Å². The summed E-state index contributed by atoms with van der Waals surface area (Å²) in [6.45, 7) is 3.36. The first-order chi connectivity index (χ1) is 7.81. The fraction of sp³-hybridized carbons (Fsp3) is 0. The van der Waals surface area contributed by atoms with Crippen LogP contribution in [0.1, 0.15) is 0 Å². The fourth-order valence-electron chi connectivity index (χ4n) is 1.31. The number of para-hydroxylation sites is 2. The number of imidazole rings is 1. The molecule has 0 radical (unpaired) electrons. The van der Waals surface area contributed by atoms with Crippen molar-refractivity contribution in [3.8, 4) is 11.4 Å². The van der Waals surface area contributed by atoms with E-state index in [1.165, 1.54) is 0 Å². The number of hydrogen-bond acceptors (Lipinski definition) is 3. The van der Waals surface area contributed by atoms with E-state index in [1.807, 2.05) is 12.1 Å². The summed E-state index contributed by atoms with van der Waals surface area (Å²) in [5.74, 6) is -0.00188. The van der Waals surface area contributed by atoms with Gasteiger partial charge in [0, 0.05) is 18.5 Å². The van der Waals surface area contributed by atoms with E-state index in [0.29, 0.717) is 5.75 Å². The third-order valence-corrected chi connectivity index (χ3v) is 2.03. The first kappa shape index (κ1) is 10.2. The van der Waals surface area contributed by atoms with Gasteiger partial charge in [-0.2, -0.15) is 0 Å². The predicted molar refractivity (Wildman–Crippen MR) is 59.4 cm³/mol. The third kappa shape index (κ3) is 2.00. The number of nitrogens with zero attached hydrogens (tertiary/aromatic N) is 2. The lowest BCUT2D eigenvalue weighted by atomic mass is 10.3. The van der Waals surface area contributed by atoms with E-state index in [1.54, 1.807) is 35.4 Å². The Morgan fingerprint density at radius 3 is 2.94 bits per heavy atom. The van der Waals surface area contributed by atoms with E-state index < -0.39 is 5.97 Å². The van der Waals surface area contributed by atoms with Crippen LogP contribution in [0.5, 0.6) is 5.75 Å². The van der Waals surface area contributed by atoms with E-state index >= 15 is 0 Å². The van der Waals surface area contributed by atoms with E-state index in [-0.39, 0.29) is 0 Å². The average Bonchev–Trinajstić information content (AvgIpc) is 2.83. The molecule has 0 aliphatic rings. The Morgan fingerprint density at radius 2 is 2.25 bits per heavy atom. The van der Waals surface area contributed by atoms with Gasteiger partial charge in [0.2, 0.25) is 0 Å². The molecule has 2 rings (SSSR count). The molecule has 0 saturated carbocycles. The predicted octanol–water partition coefficient (Wildman–Crippen LogP) is 1.96. The molecule has 0 aliphatic heterocycles. The van der Waals surface area contributed by atoms with Crippen molar-refractivity contribution in [3.63, 3.8) is 0 Å². The highest BCUT2D eigenvalue weighted by atomic mass is 16.5. The van der Waals surface area contributed by atoms with Crippen LogP contribution in [0.3, 0.4) is 0 Å². The second kappa shape index (κ2) is 4.44. The summed E-state index contributed by atoms with van der Waals surface area (Å²) in [5, 5.41) is 0. The van der Waals surface area contributed by atoms with Crippen LogP contribution in [-0.2, 0) is 4.79 Å². The molecule has 0 spiro atoms. The molecular weight excluding hydrogens is 204 g/mol. The summed E-state index contributed by atoms with van der Waals surface area (Å²) in [4.78, 5) is 15.1. The summed E-state index contributed by atoms with van der Waals surface area (Å²) >= 11 is 0. The minimum atomic E-state index is -0.479. The number of benzene rings is 1. The molecule has 1 aromatic heterocycles. The van der Waals surface area contributed by atoms with Crippen molar-refractivity contribution in [1.29, 1.82) is 0 Å². The summed E-state index contributed by atoms with van der Waals surface area (Å²) in [6.07, 6.45) is 6.21. The Hall–Kier alpha value is -2.36. The van der Waals surface area contributed by atoms with Crippen LogP contribution in [0.4, 0.5) is 0 Å². The lowest BCUT2D eigenvalue weighted by molar-refractivity contribution is -0.128. The smallest absolute Gasteiger partial charge is 0.335 e. The highest BCUT2D eigenvalue weighted by Gasteiger charge is 2.07. The molecular formula is C12H10N2O2. The highest BCUT2D eigenvalue weighted by molar-refractivity contribution is 5.84. The van der Waals surface area contributed by atoms with Crippen molar-refractivity contribution < 1.29 is 9.53 Å². The van der Waals surface area contributed by atoms with Crippen molar-refractivity contribution in [2.75, 3.05) is 0 Å². The first-order valence-electron chi connectivity index (χ1n) is 4.73. The van der Waals surface area contributed by atoms with Crippen LogP contribution < -0.4 is 4.74 Å². The van der Waals surface area contributed by atoms with Gasteiger partial charge in [0.25, 0.3) is 0 Å². The number of esters is 1. The van der Waals surface area contributed by atoms with Gasteiger partial charge in [-0.1, -0.05) is 18.7 Å². The maximum absolute atomic E-state index is 11.1. The first-order valence-corrected chi connectivity index (χ1v) is 4.73. The van der Waals surface area contributed by atoms with E-state index in [0.717, 1.165) is 11.8 Å². The Labute approximate surface area is 92.8 Å². The third-order valence-electron chi connectivity index (χ3n) is 2.03. The molecule has 0 N–H and O–H groups in total.